The van der Waals surface area contributed by atoms with Crippen molar-refractivity contribution in [1.82, 2.24) is 0 Å². The van der Waals surface area contributed by atoms with Crippen molar-refractivity contribution >= 4 is 23.5 Å². The molecule has 8 nitrogen and oxygen atoms in total. The normalized spacial score (nSPS) is 13.8. The number of benzene rings is 2. The van der Waals surface area contributed by atoms with E-state index >= 15 is 0 Å². The fourth-order valence-electron chi connectivity index (χ4n) is 2.93. The number of non-ortho nitro benzene ring substituents is 1. The van der Waals surface area contributed by atoms with Crippen LogP contribution in [0.3, 0.4) is 0 Å². The molecule has 0 atom stereocenters. The maximum atomic E-state index is 12.7. The van der Waals surface area contributed by atoms with Crippen LogP contribution in [0.5, 0.6) is 11.5 Å². The van der Waals surface area contributed by atoms with E-state index in [4.69, 9.17) is 13.9 Å². The van der Waals surface area contributed by atoms with Crippen LogP contribution in [-0.4, -0.2) is 16.7 Å². The summed E-state index contributed by atoms with van der Waals surface area (Å²) in [7, 11) is 0. The number of nitro groups is 1. The van der Waals surface area contributed by atoms with Crippen molar-refractivity contribution in [2.75, 3.05) is 0 Å². The lowest BCUT2D eigenvalue weighted by Crippen LogP contribution is -2.07. The minimum absolute atomic E-state index is 0.0482. The van der Waals surface area contributed by atoms with Gasteiger partial charge in [0.25, 0.3) is 5.69 Å². The van der Waals surface area contributed by atoms with Crippen molar-refractivity contribution in [3.8, 4) is 11.5 Å². The van der Waals surface area contributed by atoms with Crippen LogP contribution < -0.4 is 9.47 Å². The number of Topliss-reactive ketones (excluding diaryl/α,β-unsaturated/α-hetero) is 1. The topological polar surface area (TPSA) is 109 Å². The molecule has 29 heavy (non-hydrogen) atoms. The van der Waals surface area contributed by atoms with Gasteiger partial charge in [0.2, 0.25) is 11.5 Å². The minimum atomic E-state index is -0.666. The van der Waals surface area contributed by atoms with Gasteiger partial charge in [0.1, 0.15) is 11.5 Å². The lowest BCUT2D eigenvalue weighted by molar-refractivity contribution is -0.384. The summed E-state index contributed by atoms with van der Waals surface area (Å²) in [4.78, 5) is 35.0. The number of allylic oxidation sites excluding steroid dienone is 1. The second-order valence-electron chi connectivity index (χ2n) is 6.27. The second-order valence-corrected chi connectivity index (χ2v) is 6.27. The molecule has 0 amide bonds. The predicted octanol–water partition coefficient (Wildman–Crippen LogP) is 4.33. The third-order valence-corrected chi connectivity index (χ3v) is 4.28. The summed E-state index contributed by atoms with van der Waals surface area (Å²) in [6.45, 7) is 1.71. The van der Waals surface area contributed by atoms with E-state index in [0.29, 0.717) is 16.7 Å². The van der Waals surface area contributed by atoms with Gasteiger partial charge >= 0.3 is 5.97 Å². The molecule has 2 aromatic carbocycles. The van der Waals surface area contributed by atoms with Crippen LogP contribution in [0.2, 0.25) is 0 Å². The summed E-state index contributed by atoms with van der Waals surface area (Å²) in [5.41, 5.74) is 1.49. The van der Waals surface area contributed by atoms with E-state index in [9.17, 15) is 19.7 Å². The van der Waals surface area contributed by atoms with Gasteiger partial charge in [-0.2, -0.15) is 0 Å². The lowest BCUT2D eigenvalue weighted by Gasteiger charge is -2.06. The van der Waals surface area contributed by atoms with Crippen LogP contribution in [-0.2, 0) is 0 Å². The zero-order chi connectivity index (χ0) is 20.5. The van der Waals surface area contributed by atoms with Gasteiger partial charge in [-0.15, -0.1) is 0 Å². The summed E-state index contributed by atoms with van der Waals surface area (Å²) in [5, 5.41) is 10.7. The fourth-order valence-corrected chi connectivity index (χ4v) is 2.93. The van der Waals surface area contributed by atoms with Gasteiger partial charge in [0.15, 0.2) is 5.76 Å². The number of aryl methyl sites for hydroxylation is 1. The van der Waals surface area contributed by atoms with E-state index in [1.165, 1.54) is 48.7 Å². The van der Waals surface area contributed by atoms with E-state index < -0.39 is 10.9 Å². The minimum Gasteiger partial charge on any atom is -0.457 e. The number of ether oxygens (including phenoxy) is 2. The first-order chi connectivity index (χ1) is 13.9. The molecule has 0 saturated heterocycles. The van der Waals surface area contributed by atoms with Gasteiger partial charge in [-0.1, -0.05) is 0 Å². The molecular weight excluding hydrogens is 378 g/mol. The van der Waals surface area contributed by atoms with Crippen molar-refractivity contribution < 1.29 is 28.4 Å². The third-order valence-electron chi connectivity index (χ3n) is 4.28. The standard InChI is InChI=1S/C21H13NO7/c1-12-9-15(28-21(24)16-3-2-8-27-16)11-17-19(12)20(23)18(29-17)10-13-4-6-14(7-5-13)22(25)26/h2-11H,1H3/b18-10-. The number of carbonyl (C=O) groups is 2. The van der Waals surface area contributed by atoms with E-state index in [0.717, 1.165) is 0 Å². The highest BCUT2D eigenvalue weighted by molar-refractivity contribution is 6.15. The molecule has 0 saturated carbocycles. The third kappa shape index (κ3) is 3.51. The Bertz CT molecular complexity index is 1160. The van der Waals surface area contributed by atoms with Gasteiger partial charge in [-0.05, 0) is 54.5 Å². The van der Waals surface area contributed by atoms with Crippen molar-refractivity contribution in [3.05, 3.63) is 93.1 Å². The number of carbonyl (C=O) groups excluding carboxylic acids is 2. The Morgan fingerprint density at radius 3 is 2.59 bits per heavy atom. The Hall–Kier alpha value is -4.20. The number of hydrogen-bond donors (Lipinski definition) is 0. The highest BCUT2D eigenvalue weighted by Gasteiger charge is 2.30. The molecule has 1 aliphatic heterocycles. The van der Waals surface area contributed by atoms with Crippen LogP contribution in [0.25, 0.3) is 6.08 Å². The van der Waals surface area contributed by atoms with Crippen molar-refractivity contribution in [3.63, 3.8) is 0 Å². The van der Waals surface area contributed by atoms with E-state index in [2.05, 4.69) is 0 Å². The zero-order valence-electron chi connectivity index (χ0n) is 15.1. The Balaban J connectivity index is 1.59. The van der Waals surface area contributed by atoms with E-state index in [1.54, 1.807) is 19.1 Å². The Morgan fingerprint density at radius 2 is 1.93 bits per heavy atom. The number of nitrogens with zero attached hydrogens (tertiary/aromatic N) is 1. The first-order valence-electron chi connectivity index (χ1n) is 8.51. The zero-order valence-corrected chi connectivity index (χ0v) is 15.1. The maximum Gasteiger partial charge on any atom is 0.379 e. The first-order valence-corrected chi connectivity index (χ1v) is 8.51. The molecule has 144 valence electrons. The van der Waals surface area contributed by atoms with E-state index in [-0.39, 0.29) is 34.5 Å². The number of nitro benzene ring substituents is 1. The summed E-state index contributed by atoms with van der Waals surface area (Å²) < 4.78 is 15.9. The summed E-state index contributed by atoms with van der Waals surface area (Å²) in [5.74, 6) is -0.372. The molecule has 4 rings (SSSR count). The van der Waals surface area contributed by atoms with Gasteiger partial charge < -0.3 is 13.9 Å². The number of fused-ring (bicyclic) bond motifs is 1. The van der Waals surface area contributed by atoms with Crippen LogP contribution >= 0.6 is 0 Å². The highest BCUT2D eigenvalue weighted by Crippen LogP contribution is 2.37. The predicted molar refractivity (Wildman–Crippen MR) is 101 cm³/mol. The average molecular weight is 391 g/mol. The Morgan fingerprint density at radius 1 is 1.17 bits per heavy atom. The van der Waals surface area contributed by atoms with Gasteiger partial charge in [0, 0.05) is 18.2 Å². The lowest BCUT2D eigenvalue weighted by atomic mass is 10.0. The molecule has 0 unspecified atom stereocenters. The van der Waals surface area contributed by atoms with E-state index in [1.807, 2.05) is 0 Å². The van der Waals surface area contributed by atoms with Gasteiger partial charge in [0.05, 0.1) is 16.7 Å². The van der Waals surface area contributed by atoms with Crippen LogP contribution in [0, 0.1) is 17.0 Å². The Labute approximate surface area is 164 Å². The summed E-state index contributed by atoms with van der Waals surface area (Å²) in [6, 6.07) is 11.8. The molecule has 3 aromatic rings. The molecule has 0 radical (unpaired) electrons. The largest absolute Gasteiger partial charge is 0.457 e. The van der Waals surface area contributed by atoms with Crippen LogP contribution in [0.4, 0.5) is 5.69 Å². The first kappa shape index (κ1) is 18.2. The van der Waals surface area contributed by atoms with Crippen molar-refractivity contribution in [1.29, 1.82) is 0 Å². The second kappa shape index (κ2) is 7.08. The van der Waals surface area contributed by atoms with Crippen molar-refractivity contribution in [2.24, 2.45) is 0 Å². The average Bonchev–Trinajstić information content (AvgIpc) is 3.31. The molecule has 0 spiro atoms. The van der Waals surface area contributed by atoms with Crippen LogP contribution in [0.15, 0.2) is 65.0 Å². The molecule has 0 bridgehead atoms. The maximum absolute atomic E-state index is 12.7. The molecule has 2 heterocycles. The molecular formula is C21H13NO7. The quantitative estimate of drug-likeness (QED) is 0.214. The molecule has 0 N–H and O–H groups in total. The smallest absolute Gasteiger partial charge is 0.379 e. The van der Waals surface area contributed by atoms with Gasteiger partial charge in [-0.25, -0.2) is 4.79 Å². The van der Waals surface area contributed by atoms with Gasteiger partial charge in [-0.3, -0.25) is 14.9 Å². The molecule has 1 aliphatic rings. The number of ketones is 1. The van der Waals surface area contributed by atoms with Crippen molar-refractivity contribution in [2.45, 2.75) is 6.92 Å². The number of esters is 1. The Kier molecular flexibility index (Phi) is 4.44. The summed E-state index contributed by atoms with van der Waals surface area (Å²) in [6.07, 6.45) is 2.86. The number of furan rings is 1. The highest BCUT2D eigenvalue weighted by atomic mass is 16.6. The van der Waals surface area contributed by atoms with Crippen LogP contribution in [0.1, 0.15) is 32.0 Å². The monoisotopic (exact) mass is 391 g/mol. The SMILES string of the molecule is Cc1cc(OC(=O)c2ccco2)cc2c1C(=O)/C(=C/c1ccc([N+](=O)[O-])cc1)O2. The fraction of sp³-hybridized carbons (Fsp3) is 0.0476. The molecule has 0 aliphatic carbocycles. The summed E-state index contributed by atoms with van der Waals surface area (Å²) >= 11 is 0. The molecule has 8 heteroatoms. The molecule has 1 aromatic heterocycles. The molecule has 0 fully saturated rings. The number of rotatable bonds is 4. The number of hydrogen-bond acceptors (Lipinski definition) is 7.